The molecule has 1 aromatic carbocycles. The van der Waals surface area contributed by atoms with Gasteiger partial charge in [0, 0.05) is 6.42 Å². The van der Waals surface area contributed by atoms with Gasteiger partial charge in [0.1, 0.15) is 18.1 Å². The minimum atomic E-state index is -0.797. The van der Waals surface area contributed by atoms with Crippen molar-refractivity contribution in [1.29, 1.82) is 0 Å². The van der Waals surface area contributed by atoms with Gasteiger partial charge in [-0.3, -0.25) is 9.59 Å². The van der Waals surface area contributed by atoms with Crippen molar-refractivity contribution < 1.29 is 19.1 Å². The van der Waals surface area contributed by atoms with Crippen LogP contribution >= 0.6 is 0 Å². The highest BCUT2D eigenvalue weighted by Crippen LogP contribution is 2.45. The van der Waals surface area contributed by atoms with Crippen molar-refractivity contribution in [3.8, 4) is 0 Å². The lowest BCUT2D eigenvalue weighted by molar-refractivity contribution is -0.139. The molecule has 136 valence electrons. The molecule has 1 heterocycles. The van der Waals surface area contributed by atoms with Crippen molar-refractivity contribution in [3.63, 3.8) is 0 Å². The predicted molar refractivity (Wildman–Crippen MR) is 95.3 cm³/mol. The van der Waals surface area contributed by atoms with Gasteiger partial charge in [-0.25, -0.2) is 9.69 Å². The summed E-state index contributed by atoms with van der Waals surface area (Å²) in [7, 11) is 0. The molecule has 1 saturated heterocycles. The molecule has 0 bridgehead atoms. The van der Waals surface area contributed by atoms with E-state index in [1.807, 2.05) is 38.1 Å². The van der Waals surface area contributed by atoms with Gasteiger partial charge >= 0.3 is 6.09 Å². The Labute approximate surface area is 153 Å². The first-order valence-electron chi connectivity index (χ1n) is 9.28. The summed E-state index contributed by atoms with van der Waals surface area (Å²) in [5.74, 6) is -1.47. The van der Waals surface area contributed by atoms with Crippen LogP contribution in [0.2, 0.25) is 0 Å². The lowest BCUT2D eigenvalue weighted by atomic mass is 9.86. The molecule has 0 spiro atoms. The zero-order valence-corrected chi connectivity index (χ0v) is 15.3. The molecule has 5 heteroatoms. The summed E-state index contributed by atoms with van der Waals surface area (Å²) in [4.78, 5) is 39.9. The molecular formula is C21H23NO4. The van der Waals surface area contributed by atoms with Gasteiger partial charge in [-0.05, 0) is 42.9 Å². The number of imide groups is 1. The lowest BCUT2D eigenvalue weighted by Crippen LogP contribution is -2.43. The second kappa shape index (κ2) is 6.08. The monoisotopic (exact) mass is 353 g/mol. The zero-order chi connectivity index (χ0) is 18.6. The second-order valence-electron chi connectivity index (χ2n) is 7.52. The fourth-order valence-corrected chi connectivity index (χ4v) is 4.74. The molecule has 2 aliphatic carbocycles. The summed E-state index contributed by atoms with van der Waals surface area (Å²) < 4.78 is 5.49. The van der Waals surface area contributed by atoms with Gasteiger partial charge in [0.15, 0.2) is 5.78 Å². The van der Waals surface area contributed by atoms with Crippen LogP contribution in [0.5, 0.6) is 0 Å². The average Bonchev–Trinajstić information content (AvgIpc) is 3.19. The maximum Gasteiger partial charge on any atom is 0.417 e. The normalized spacial score (nSPS) is 29.9. The lowest BCUT2D eigenvalue weighted by Gasteiger charge is -2.26. The summed E-state index contributed by atoms with van der Waals surface area (Å²) in [5, 5.41) is 0. The van der Waals surface area contributed by atoms with Crippen molar-refractivity contribution in [3.05, 3.63) is 46.5 Å². The third-order valence-electron chi connectivity index (χ3n) is 6.18. The van der Waals surface area contributed by atoms with Crippen molar-refractivity contribution in [1.82, 2.24) is 4.90 Å². The summed E-state index contributed by atoms with van der Waals surface area (Å²) in [6, 6.07) is 7.38. The summed E-state index contributed by atoms with van der Waals surface area (Å²) in [6.45, 7) is 5.75. The quantitative estimate of drug-likeness (QED) is 0.779. The number of benzene rings is 1. The number of hydrogen-bond acceptors (Lipinski definition) is 4. The number of ketones is 1. The first kappa shape index (κ1) is 17.0. The van der Waals surface area contributed by atoms with E-state index < -0.39 is 24.0 Å². The van der Waals surface area contributed by atoms with Crippen molar-refractivity contribution >= 4 is 17.8 Å². The van der Waals surface area contributed by atoms with Crippen LogP contribution in [0.25, 0.3) is 0 Å². The zero-order valence-electron chi connectivity index (χ0n) is 15.3. The standard InChI is InChI=1S/C21H23NO4/c1-4-7-14-11(2)12(3)19(23)17(14)20(24)22-18-15-9-6-5-8-13(15)10-16(18)26-21(22)25/h5-6,8-9,14,16-18H,4,7,10H2,1-3H3/t14-,16-,17+,18+/m1/s1. The third-order valence-corrected chi connectivity index (χ3v) is 6.18. The van der Waals surface area contributed by atoms with Gasteiger partial charge in [-0.15, -0.1) is 0 Å². The van der Waals surface area contributed by atoms with Crippen molar-refractivity contribution in [2.24, 2.45) is 11.8 Å². The number of carbonyl (C=O) groups excluding carboxylic acids is 3. The van der Waals surface area contributed by atoms with Crippen LogP contribution in [-0.2, 0) is 20.7 Å². The highest BCUT2D eigenvalue weighted by molar-refractivity contribution is 6.15. The maximum absolute atomic E-state index is 13.4. The Kier molecular flexibility index (Phi) is 3.98. The summed E-state index contributed by atoms with van der Waals surface area (Å²) in [5.41, 5.74) is 3.70. The van der Waals surface area contributed by atoms with Gasteiger partial charge in [-0.1, -0.05) is 43.2 Å². The molecule has 0 aromatic heterocycles. The van der Waals surface area contributed by atoms with Gasteiger partial charge < -0.3 is 4.74 Å². The van der Waals surface area contributed by atoms with Crippen LogP contribution in [-0.4, -0.2) is 28.8 Å². The molecule has 0 N–H and O–H groups in total. The Balaban J connectivity index is 1.70. The predicted octanol–water partition coefficient (Wildman–Crippen LogP) is 3.58. The first-order chi connectivity index (χ1) is 12.5. The van der Waals surface area contributed by atoms with E-state index in [1.54, 1.807) is 6.92 Å². The Morgan fingerprint density at radius 3 is 2.69 bits per heavy atom. The van der Waals surface area contributed by atoms with Crippen LogP contribution < -0.4 is 0 Å². The minimum Gasteiger partial charge on any atom is -0.443 e. The number of rotatable bonds is 3. The van der Waals surface area contributed by atoms with E-state index >= 15 is 0 Å². The molecule has 4 atom stereocenters. The van der Waals surface area contributed by atoms with Gasteiger partial charge in [0.05, 0.1) is 0 Å². The second-order valence-corrected chi connectivity index (χ2v) is 7.52. The number of Topliss-reactive ketones (excluding diaryl/α,β-unsaturated/α-hetero) is 1. The van der Waals surface area contributed by atoms with Crippen molar-refractivity contribution in [2.45, 2.75) is 52.2 Å². The molecule has 0 saturated carbocycles. The molecule has 4 rings (SSSR count). The largest absolute Gasteiger partial charge is 0.443 e. The highest BCUT2D eigenvalue weighted by atomic mass is 16.6. The van der Waals surface area contributed by atoms with E-state index in [2.05, 4.69) is 0 Å². The molecule has 1 aliphatic heterocycles. The van der Waals surface area contributed by atoms with Crippen LogP contribution in [0.3, 0.4) is 0 Å². The van der Waals surface area contributed by atoms with E-state index in [0.717, 1.165) is 29.5 Å². The Morgan fingerprint density at radius 2 is 1.96 bits per heavy atom. The van der Waals surface area contributed by atoms with Crippen LogP contribution in [0, 0.1) is 11.8 Å². The topological polar surface area (TPSA) is 63.7 Å². The minimum absolute atomic E-state index is 0.122. The molecule has 3 aliphatic rings. The highest BCUT2D eigenvalue weighted by Gasteiger charge is 2.54. The van der Waals surface area contributed by atoms with Crippen LogP contribution in [0.4, 0.5) is 4.79 Å². The Hall–Kier alpha value is -2.43. The van der Waals surface area contributed by atoms with E-state index in [1.165, 1.54) is 4.90 Å². The maximum atomic E-state index is 13.4. The van der Waals surface area contributed by atoms with Crippen molar-refractivity contribution in [2.75, 3.05) is 0 Å². The molecule has 26 heavy (non-hydrogen) atoms. The van der Waals surface area contributed by atoms with Gasteiger partial charge in [0.2, 0.25) is 5.91 Å². The Morgan fingerprint density at radius 1 is 1.23 bits per heavy atom. The molecule has 0 radical (unpaired) electrons. The summed E-state index contributed by atoms with van der Waals surface area (Å²) in [6.07, 6.45) is 1.29. The summed E-state index contributed by atoms with van der Waals surface area (Å²) >= 11 is 0. The number of allylic oxidation sites excluding steroid dienone is 2. The van der Waals surface area contributed by atoms with E-state index in [9.17, 15) is 14.4 Å². The fraction of sp³-hybridized carbons (Fsp3) is 0.476. The number of amides is 2. The molecular weight excluding hydrogens is 330 g/mol. The van der Waals surface area contributed by atoms with E-state index in [4.69, 9.17) is 4.74 Å². The van der Waals surface area contributed by atoms with E-state index in [-0.39, 0.29) is 17.8 Å². The van der Waals surface area contributed by atoms with Crippen LogP contribution in [0.1, 0.15) is 50.8 Å². The molecule has 2 amide bonds. The number of hydrogen-bond donors (Lipinski definition) is 0. The van der Waals surface area contributed by atoms with Gasteiger partial charge in [-0.2, -0.15) is 0 Å². The molecule has 0 unspecified atom stereocenters. The number of nitrogens with zero attached hydrogens (tertiary/aromatic N) is 1. The number of fused-ring (bicyclic) bond motifs is 3. The third kappa shape index (κ3) is 2.26. The molecule has 5 nitrogen and oxygen atoms in total. The molecule has 1 fully saturated rings. The number of carbonyl (C=O) groups is 3. The average molecular weight is 353 g/mol. The SMILES string of the molecule is CCC[C@@H]1C(C)=C(C)C(=O)[C@H]1C(=O)N1C(=O)O[C@@H]2Cc3ccccc3[C@@H]21. The number of ether oxygens (including phenoxy) is 1. The van der Waals surface area contributed by atoms with E-state index in [0.29, 0.717) is 12.0 Å². The smallest absolute Gasteiger partial charge is 0.417 e. The molecule has 1 aromatic rings. The Bertz CT molecular complexity index is 840. The first-order valence-corrected chi connectivity index (χ1v) is 9.28. The van der Waals surface area contributed by atoms with Gasteiger partial charge in [0.25, 0.3) is 0 Å². The fourth-order valence-electron chi connectivity index (χ4n) is 4.74. The van der Waals surface area contributed by atoms with Crippen LogP contribution in [0.15, 0.2) is 35.4 Å².